The molecular weight excluding hydrogens is 274 g/mol. The van der Waals surface area contributed by atoms with Crippen molar-refractivity contribution in [3.05, 3.63) is 47.1 Å². The standard InChI is InChI=1S/C15H16ClN3O/c16-11-6-7-15(18-12(11)10-17)19-8-3-9-20-14-5-2-1-4-13(14)19/h1-2,4-7H,3,8-10,17H2. The minimum absolute atomic E-state index is 0.332. The van der Waals surface area contributed by atoms with Crippen LogP contribution in [0.25, 0.3) is 0 Å². The maximum absolute atomic E-state index is 6.08. The lowest BCUT2D eigenvalue weighted by Gasteiger charge is -2.23. The van der Waals surface area contributed by atoms with Crippen LogP contribution >= 0.6 is 11.6 Å². The Balaban J connectivity index is 2.05. The van der Waals surface area contributed by atoms with Crippen molar-refractivity contribution in [2.24, 2.45) is 5.73 Å². The molecule has 1 aromatic carbocycles. The van der Waals surface area contributed by atoms with Gasteiger partial charge in [-0.25, -0.2) is 4.98 Å². The van der Waals surface area contributed by atoms with Crippen LogP contribution in [0.3, 0.4) is 0 Å². The first kappa shape index (κ1) is 13.2. The van der Waals surface area contributed by atoms with Crippen molar-refractivity contribution in [2.45, 2.75) is 13.0 Å². The fourth-order valence-corrected chi connectivity index (χ4v) is 2.51. The molecule has 20 heavy (non-hydrogen) atoms. The molecule has 0 atom stereocenters. The van der Waals surface area contributed by atoms with E-state index in [1.807, 2.05) is 36.4 Å². The van der Waals surface area contributed by atoms with Crippen molar-refractivity contribution in [1.29, 1.82) is 0 Å². The third kappa shape index (κ3) is 2.44. The summed E-state index contributed by atoms with van der Waals surface area (Å²) < 4.78 is 5.76. The number of anilines is 2. The summed E-state index contributed by atoms with van der Waals surface area (Å²) in [7, 11) is 0. The Bertz CT molecular complexity index is 618. The molecule has 2 heterocycles. The van der Waals surface area contributed by atoms with E-state index in [1.165, 1.54) is 0 Å². The summed E-state index contributed by atoms with van der Waals surface area (Å²) in [6.45, 7) is 1.90. The van der Waals surface area contributed by atoms with Gasteiger partial charge in [0.15, 0.2) is 0 Å². The van der Waals surface area contributed by atoms with Crippen LogP contribution in [0.15, 0.2) is 36.4 Å². The summed E-state index contributed by atoms with van der Waals surface area (Å²) >= 11 is 6.08. The van der Waals surface area contributed by atoms with Crippen molar-refractivity contribution in [3.63, 3.8) is 0 Å². The van der Waals surface area contributed by atoms with Gasteiger partial charge in [-0.3, -0.25) is 0 Å². The molecule has 2 aromatic rings. The molecule has 0 aliphatic carbocycles. The molecule has 0 fully saturated rings. The second-order valence-corrected chi connectivity index (χ2v) is 5.03. The lowest BCUT2D eigenvalue weighted by Crippen LogP contribution is -2.19. The fraction of sp³-hybridized carbons (Fsp3) is 0.267. The van der Waals surface area contributed by atoms with Gasteiger partial charge in [-0.1, -0.05) is 23.7 Å². The summed E-state index contributed by atoms with van der Waals surface area (Å²) in [6, 6.07) is 11.8. The first-order valence-electron chi connectivity index (χ1n) is 6.64. The zero-order valence-corrected chi connectivity index (χ0v) is 11.8. The van der Waals surface area contributed by atoms with E-state index in [-0.39, 0.29) is 0 Å². The molecule has 1 aliphatic heterocycles. The Morgan fingerprint density at radius 3 is 2.95 bits per heavy atom. The van der Waals surface area contributed by atoms with Gasteiger partial charge >= 0.3 is 0 Å². The third-order valence-corrected chi connectivity index (χ3v) is 3.66. The average Bonchev–Trinajstić information content (AvgIpc) is 2.70. The quantitative estimate of drug-likeness (QED) is 0.923. The molecule has 0 unspecified atom stereocenters. The van der Waals surface area contributed by atoms with Gasteiger partial charge in [-0.15, -0.1) is 0 Å². The van der Waals surface area contributed by atoms with Gasteiger partial charge in [0, 0.05) is 13.1 Å². The van der Waals surface area contributed by atoms with E-state index in [2.05, 4.69) is 9.88 Å². The molecule has 104 valence electrons. The molecule has 5 heteroatoms. The Labute approximate surface area is 123 Å². The Kier molecular flexibility index (Phi) is 3.76. The highest BCUT2D eigenvalue weighted by atomic mass is 35.5. The lowest BCUT2D eigenvalue weighted by atomic mass is 10.2. The number of fused-ring (bicyclic) bond motifs is 1. The molecule has 1 aliphatic rings. The van der Waals surface area contributed by atoms with Crippen LogP contribution in [0.5, 0.6) is 5.75 Å². The predicted octanol–water partition coefficient (Wildman–Crippen LogP) is 3.11. The van der Waals surface area contributed by atoms with E-state index in [0.29, 0.717) is 23.9 Å². The van der Waals surface area contributed by atoms with Gasteiger partial charge in [-0.05, 0) is 30.7 Å². The van der Waals surface area contributed by atoms with E-state index in [1.54, 1.807) is 0 Å². The molecule has 0 bridgehead atoms. The first-order valence-corrected chi connectivity index (χ1v) is 7.02. The van der Waals surface area contributed by atoms with Crippen molar-refractivity contribution in [1.82, 2.24) is 4.98 Å². The van der Waals surface area contributed by atoms with Gasteiger partial charge in [0.1, 0.15) is 11.6 Å². The maximum Gasteiger partial charge on any atom is 0.142 e. The SMILES string of the molecule is NCc1nc(N2CCCOc3ccccc32)ccc1Cl. The number of nitrogens with two attached hydrogens (primary N) is 1. The zero-order valence-electron chi connectivity index (χ0n) is 11.1. The smallest absolute Gasteiger partial charge is 0.142 e. The molecule has 4 nitrogen and oxygen atoms in total. The number of aromatic nitrogens is 1. The van der Waals surface area contributed by atoms with Crippen molar-refractivity contribution in [2.75, 3.05) is 18.1 Å². The number of hydrogen-bond acceptors (Lipinski definition) is 4. The Morgan fingerprint density at radius 2 is 2.10 bits per heavy atom. The number of hydrogen-bond donors (Lipinski definition) is 1. The molecule has 3 rings (SSSR count). The zero-order chi connectivity index (χ0) is 13.9. The predicted molar refractivity (Wildman–Crippen MR) is 80.7 cm³/mol. The number of pyridine rings is 1. The first-order chi connectivity index (χ1) is 9.79. The molecule has 0 radical (unpaired) electrons. The van der Waals surface area contributed by atoms with Crippen LogP contribution < -0.4 is 15.4 Å². The third-order valence-electron chi connectivity index (χ3n) is 3.31. The van der Waals surface area contributed by atoms with E-state index in [4.69, 9.17) is 22.1 Å². The molecule has 1 aromatic heterocycles. The number of para-hydroxylation sites is 2. The number of ether oxygens (including phenoxy) is 1. The molecule has 0 saturated heterocycles. The second-order valence-electron chi connectivity index (χ2n) is 4.62. The van der Waals surface area contributed by atoms with E-state index in [9.17, 15) is 0 Å². The fourth-order valence-electron chi connectivity index (χ4n) is 2.33. The Hall–Kier alpha value is -1.78. The van der Waals surface area contributed by atoms with Gasteiger partial charge in [0.2, 0.25) is 0 Å². The number of halogens is 1. The largest absolute Gasteiger partial charge is 0.491 e. The molecule has 0 amide bonds. The van der Waals surface area contributed by atoms with Crippen LogP contribution in [0.4, 0.5) is 11.5 Å². The molecule has 0 spiro atoms. The highest BCUT2D eigenvalue weighted by Gasteiger charge is 2.19. The van der Waals surface area contributed by atoms with Crippen LogP contribution in [0.2, 0.25) is 5.02 Å². The van der Waals surface area contributed by atoms with Gasteiger partial charge < -0.3 is 15.4 Å². The summed E-state index contributed by atoms with van der Waals surface area (Å²) in [5.74, 6) is 1.74. The van der Waals surface area contributed by atoms with Crippen molar-refractivity contribution < 1.29 is 4.74 Å². The minimum atomic E-state index is 0.332. The summed E-state index contributed by atoms with van der Waals surface area (Å²) in [5, 5.41) is 0.607. The van der Waals surface area contributed by atoms with Crippen LogP contribution in [0, 0.1) is 0 Å². The van der Waals surface area contributed by atoms with Crippen LogP contribution in [-0.4, -0.2) is 18.1 Å². The molecular formula is C15H16ClN3O. The van der Waals surface area contributed by atoms with Crippen LogP contribution in [0.1, 0.15) is 12.1 Å². The van der Waals surface area contributed by atoms with Gasteiger partial charge in [0.05, 0.1) is 23.0 Å². The molecule has 0 saturated carbocycles. The highest BCUT2D eigenvalue weighted by Crippen LogP contribution is 2.35. The summed E-state index contributed by atoms with van der Waals surface area (Å²) in [6.07, 6.45) is 0.941. The van der Waals surface area contributed by atoms with Gasteiger partial charge in [-0.2, -0.15) is 0 Å². The van der Waals surface area contributed by atoms with Crippen LogP contribution in [-0.2, 0) is 6.54 Å². The van der Waals surface area contributed by atoms with E-state index < -0.39 is 0 Å². The normalized spacial score (nSPS) is 14.4. The number of rotatable bonds is 2. The monoisotopic (exact) mass is 289 g/mol. The average molecular weight is 290 g/mol. The highest BCUT2D eigenvalue weighted by molar-refractivity contribution is 6.31. The van der Waals surface area contributed by atoms with Gasteiger partial charge in [0.25, 0.3) is 0 Å². The lowest BCUT2D eigenvalue weighted by molar-refractivity contribution is 0.322. The molecule has 2 N–H and O–H groups in total. The minimum Gasteiger partial charge on any atom is -0.491 e. The topological polar surface area (TPSA) is 51.4 Å². The number of benzene rings is 1. The summed E-state index contributed by atoms with van der Waals surface area (Å²) in [5.41, 5.74) is 7.43. The van der Waals surface area contributed by atoms with E-state index in [0.717, 1.165) is 30.2 Å². The second kappa shape index (κ2) is 5.69. The summed E-state index contributed by atoms with van der Waals surface area (Å²) in [4.78, 5) is 6.72. The number of nitrogens with zero attached hydrogens (tertiary/aromatic N) is 2. The Morgan fingerprint density at radius 1 is 1.25 bits per heavy atom. The maximum atomic E-state index is 6.08. The van der Waals surface area contributed by atoms with Crippen molar-refractivity contribution in [3.8, 4) is 5.75 Å². The van der Waals surface area contributed by atoms with E-state index >= 15 is 0 Å². The van der Waals surface area contributed by atoms with Crippen molar-refractivity contribution >= 4 is 23.1 Å².